The molecule has 33 heavy (non-hydrogen) atoms. The fraction of sp³-hybridized carbons (Fsp3) is 0.476. The Balaban J connectivity index is 3.16. The molecule has 0 heterocycles. The highest BCUT2D eigenvalue weighted by Gasteiger charge is 2.33. The summed E-state index contributed by atoms with van der Waals surface area (Å²) < 4.78 is 42.7. The maximum Gasteiger partial charge on any atom is 0.330 e. The van der Waals surface area contributed by atoms with E-state index in [2.05, 4.69) is 38.4 Å². The van der Waals surface area contributed by atoms with Crippen LogP contribution in [0.15, 0.2) is 41.8 Å². The summed E-state index contributed by atoms with van der Waals surface area (Å²) in [6.45, 7) is 6.36. The average molecular weight is 613 g/mol. The average Bonchev–Trinajstić information content (AvgIpc) is 2.78. The SMILES string of the molecule is C=CC(=O)OCCc1cccc(S(=O)(=O)N(C[C@@H](Br)C(=O)OCC)C[C@H](Br)C(=O)OCC)c1. The van der Waals surface area contributed by atoms with Gasteiger partial charge in [0.15, 0.2) is 0 Å². The molecule has 0 aliphatic carbocycles. The number of carbonyl (C=O) groups is 3. The summed E-state index contributed by atoms with van der Waals surface area (Å²) in [6, 6.07) is 6.11. The second-order valence-electron chi connectivity index (χ2n) is 6.53. The number of alkyl halides is 2. The Kier molecular flexibility index (Phi) is 12.9. The van der Waals surface area contributed by atoms with Crippen LogP contribution in [-0.4, -0.2) is 73.2 Å². The van der Waals surface area contributed by atoms with Crippen molar-refractivity contribution in [2.75, 3.05) is 32.9 Å². The van der Waals surface area contributed by atoms with Crippen LogP contribution in [-0.2, 0) is 45.0 Å². The van der Waals surface area contributed by atoms with Gasteiger partial charge in [-0.2, -0.15) is 4.31 Å². The Bertz CT molecular complexity index is 912. The molecule has 0 unspecified atom stereocenters. The number of hydrogen-bond acceptors (Lipinski definition) is 8. The van der Waals surface area contributed by atoms with Crippen LogP contribution in [0.25, 0.3) is 0 Å². The zero-order valence-electron chi connectivity index (χ0n) is 18.4. The predicted octanol–water partition coefficient (Wildman–Crippen LogP) is 2.60. The summed E-state index contributed by atoms with van der Waals surface area (Å²) in [5.74, 6) is -1.83. The van der Waals surface area contributed by atoms with Gasteiger partial charge in [0, 0.05) is 25.6 Å². The first-order valence-electron chi connectivity index (χ1n) is 10.1. The first kappa shape index (κ1) is 29.3. The maximum absolute atomic E-state index is 13.4. The Labute approximate surface area is 210 Å². The van der Waals surface area contributed by atoms with Crippen molar-refractivity contribution in [3.63, 3.8) is 0 Å². The Hall–Kier alpha value is -1.76. The van der Waals surface area contributed by atoms with Gasteiger partial charge in [0.05, 0.1) is 24.7 Å². The lowest BCUT2D eigenvalue weighted by atomic mass is 10.2. The summed E-state index contributed by atoms with van der Waals surface area (Å²) in [5, 5.41) is 0. The second-order valence-corrected chi connectivity index (χ2v) is 10.7. The lowest BCUT2D eigenvalue weighted by molar-refractivity contribution is -0.142. The van der Waals surface area contributed by atoms with E-state index in [4.69, 9.17) is 14.2 Å². The smallest absolute Gasteiger partial charge is 0.330 e. The zero-order chi connectivity index (χ0) is 25.0. The van der Waals surface area contributed by atoms with E-state index in [1.165, 1.54) is 12.1 Å². The quantitative estimate of drug-likeness (QED) is 0.136. The van der Waals surface area contributed by atoms with Crippen LogP contribution >= 0.6 is 31.9 Å². The number of esters is 3. The van der Waals surface area contributed by atoms with Crippen LogP contribution in [0.4, 0.5) is 0 Å². The van der Waals surface area contributed by atoms with Crippen molar-refractivity contribution in [1.82, 2.24) is 4.31 Å². The van der Waals surface area contributed by atoms with Gasteiger partial charge in [-0.15, -0.1) is 0 Å². The number of sulfonamides is 1. The number of hydrogen-bond donors (Lipinski definition) is 0. The summed E-state index contributed by atoms with van der Waals surface area (Å²) in [6.07, 6.45) is 1.33. The van der Waals surface area contributed by atoms with Gasteiger partial charge >= 0.3 is 17.9 Å². The van der Waals surface area contributed by atoms with Crippen LogP contribution < -0.4 is 0 Å². The normalized spacial score (nSPS) is 13.1. The van der Waals surface area contributed by atoms with Crippen LogP contribution in [0, 0.1) is 0 Å². The summed E-state index contributed by atoms with van der Waals surface area (Å²) >= 11 is 6.34. The maximum atomic E-state index is 13.4. The molecule has 0 aromatic heterocycles. The van der Waals surface area contributed by atoms with Crippen molar-refractivity contribution in [3.05, 3.63) is 42.5 Å². The van der Waals surface area contributed by atoms with Gasteiger partial charge in [0.1, 0.15) is 9.65 Å². The fourth-order valence-electron chi connectivity index (χ4n) is 2.58. The minimum Gasteiger partial charge on any atom is -0.465 e. The molecule has 9 nitrogen and oxygen atoms in total. The van der Waals surface area contributed by atoms with Crippen LogP contribution in [0.2, 0.25) is 0 Å². The molecule has 0 bridgehead atoms. The lowest BCUT2D eigenvalue weighted by Crippen LogP contribution is -2.43. The van der Waals surface area contributed by atoms with Crippen molar-refractivity contribution in [1.29, 1.82) is 0 Å². The minimum absolute atomic E-state index is 0.0397. The van der Waals surface area contributed by atoms with Gasteiger partial charge in [-0.3, -0.25) is 9.59 Å². The highest BCUT2D eigenvalue weighted by Crippen LogP contribution is 2.22. The monoisotopic (exact) mass is 611 g/mol. The molecule has 0 aliphatic rings. The largest absolute Gasteiger partial charge is 0.465 e. The van der Waals surface area contributed by atoms with Gasteiger partial charge in [-0.05, 0) is 31.5 Å². The predicted molar refractivity (Wildman–Crippen MR) is 129 cm³/mol. The number of rotatable bonds is 14. The van der Waals surface area contributed by atoms with E-state index in [1.54, 1.807) is 26.0 Å². The molecule has 184 valence electrons. The third kappa shape index (κ3) is 9.55. The summed E-state index contributed by atoms with van der Waals surface area (Å²) in [4.78, 5) is 33.4. The van der Waals surface area contributed by atoms with Crippen LogP contribution in [0.3, 0.4) is 0 Å². The van der Waals surface area contributed by atoms with Crippen molar-refractivity contribution in [2.45, 2.75) is 34.8 Å². The lowest BCUT2D eigenvalue weighted by Gasteiger charge is -2.25. The molecule has 0 saturated carbocycles. The van der Waals surface area contributed by atoms with Gasteiger partial charge < -0.3 is 14.2 Å². The number of carbonyl (C=O) groups excluding carboxylic acids is 3. The van der Waals surface area contributed by atoms with E-state index >= 15 is 0 Å². The van der Waals surface area contributed by atoms with E-state index in [0.717, 1.165) is 10.4 Å². The first-order valence-corrected chi connectivity index (χ1v) is 13.3. The molecule has 1 aromatic carbocycles. The molecule has 12 heteroatoms. The first-order chi connectivity index (χ1) is 15.6. The van der Waals surface area contributed by atoms with E-state index in [1.807, 2.05) is 0 Å². The number of ether oxygens (including phenoxy) is 3. The molecule has 0 spiro atoms. The van der Waals surface area contributed by atoms with E-state index in [9.17, 15) is 22.8 Å². The molecular formula is C21H27Br2NO8S. The second kappa shape index (κ2) is 14.5. The van der Waals surface area contributed by atoms with Gasteiger partial charge in [-0.1, -0.05) is 50.6 Å². The van der Waals surface area contributed by atoms with Crippen molar-refractivity contribution in [3.8, 4) is 0 Å². The molecule has 0 amide bonds. The molecular weight excluding hydrogens is 586 g/mol. The molecule has 1 rings (SSSR count). The Morgan fingerprint density at radius 1 is 1.03 bits per heavy atom. The summed E-state index contributed by atoms with van der Waals surface area (Å²) in [5.41, 5.74) is 0.620. The Morgan fingerprint density at radius 3 is 2.06 bits per heavy atom. The highest BCUT2D eigenvalue weighted by atomic mass is 79.9. The zero-order valence-corrected chi connectivity index (χ0v) is 22.4. The van der Waals surface area contributed by atoms with Crippen molar-refractivity contribution >= 4 is 59.8 Å². The third-order valence-corrected chi connectivity index (χ3v) is 7.30. The van der Waals surface area contributed by atoms with Gasteiger partial charge in [0.2, 0.25) is 10.0 Å². The van der Waals surface area contributed by atoms with Crippen molar-refractivity contribution in [2.24, 2.45) is 0 Å². The molecule has 1 aromatic rings. The summed E-state index contributed by atoms with van der Waals surface area (Å²) in [7, 11) is -4.12. The molecule has 0 saturated heterocycles. The molecule has 2 atom stereocenters. The van der Waals surface area contributed by atoms with Gasteiger partial charge in [0.25, 0.3) is 0 Å². The number of halogens is 2. The van der Waals surface area contributed by atoms with Gasteiger partial charge in [-0.25, -0.2) is 13.2 Å². The number of benzene rings is 1. The third-order valence-electron chi connectivity index (χ3n) is 4.15. The van der Waals surface area contributed by atoms with Crippen molar-refractivity contribution < 1.29 is 37.0 Å². The molecule has 0 N–H and O–H groups in total. The van der Waals surface area contributed by atoms with Crippen LogP contribution in [0.1, 0.15) is 19.4 Å². The molecule has 0 aliphatic heterocycles. The van der Waals surface area contributed by atoms with E-state index in [-0.39, 0.29) is 44.2 Å². The standard InChI is InChI=1S/C21H27Br2NO8S/c1-4-19(25)32-11-10-15-8-7-9-16(12-15)33(28,29)24(13-17(22)20(26)30-5-2)14-18(23)21(27)31-6-3/h4,7-9,12,17-18H,1,5-6,10-11,13-14H2,2-3H3/t17-,18+. The minimum atomic E-state index is -4.12. The molecule has 0 fully saturated rings. The Morgan fingerprint density at radius 2 is 1.58 bits per heavy atom. The fourth-order valence-corrected chi connectivity index (χ4v) is 5.47. The van der Waals surface area contributed by atoms with E-state index < -0.39 is 37.6 Å². The molecule has 0 radical (unpaired) electrons. The highest BCUT2D eigenvalue weighted by molar-refractivity contribution is 9.10. The topological polar surface area (TPSA) is 116 Å². The van der Waals surface area contributed by atoms with Crippen LogP contribution in [0.5, 0.6) is 0 Å². The van der Waals surface area contributed by atoms with E-state index in [0.29, 0.717) is 5.56 Å². The number of nitrogens with zero attached hydrogens (tertiary/aromatic N) is 1.